The number of rotatable bonds is 6. The van der Waals surface area contributed by atoms with Crippen molar-refractivity contribution in [1.29, 1.82) is 0 Å². The van der Waals surface area contributed by atoms with Gasteiger partial charge in [-0.2, -0.15) is 0 Å². The van der Waals surface area contributed by atoms with Crippen molar-refractivity contribution in [2.45, 2.75) is 20.4 Å². The van der Waals surface area contributed by atoms with Crippen molar-refractivity contribution in [1.82, 2.24) is 9.80 Å². The number of methoxy groups -OCH3 is 1. The molecule has 0 N–H and O–H groups in total. The van der Waals surface area contributed by atoms with E-state index < -0.39 is 5.97 Å². The summed E-state index contributed by atoms with van der Waals surface area (Å²) in [5.74, 6) is -0.999. The Balaban J connectivity index is 2.88. The van der Waals surface area contributed by atoms with Crippen LogP contribution in [0.2, 0.25) is 0 Å². The average molecular weight is 306 g/mol. The SMILES string of the molecule is COC(=O)CN(Cc1ccccc1C)C(=O)CN(C)C(C)=O. The topological polar surface area (TPSA) is 66.9 Å². The van der Waals surface area contributed by atoms with Crippen LogP contribution in [0.15, 0.2) is 24.3 Å². The zero-order valence-electron chi connectivity index (χ0n) is 13.5. The van der Waals surface area contributed by atoms with Crippen LogP contribution >= 0.6 is 0 Å². The highest BCUT2D eigenvalue weighted by molar-refractivity contribution is 5.86. The molecule has 22 heavy (non-hydrogen) atoms. The summed E-state index contributed by atoms with van der Waals surface area (Å²) in [6, 6.07) is 7.64. The van der Waals surface area contributed by atoms with Gasteiger partial charge in [-0.1, -0.05) is 24.3 Å². The van der Waals surface area contributed by atoms with E-state index in [0.717, 1.165) is 11.1 Å². The van der Waals surface area contributed by atoms with Crippen LogP contribution in [0.25, 0.3) is 0 Å². The smallest absolute Gasteiger partial charge is 0.325 e. The molecule has 1 aromatic rings. The lowest BCUT2D eigenvalue weighted by Crippen LogP contribution is -2.42. The minimum Gasteiger partial charge on any atom is -0.468 e. The number of likely N-dealkylation sites (N-methyl/N-ethyl adjacent to an activating group) is 1. The maximum absolute atomic E-state index is 12.3. The van der Waals surface area contributed by atoms with E-state index in [0.29, 0.717) is 6.54 Å². The third-order valence-electron chi connectivity index (χ3n) is 3.43. The maximum atomic E-state index is 12.3. The lowest BCUT2D eigenvalue weighted by atomic mass is 10.1. The molecule has 0 fully saturated rings. The highest BCUT2D eigenvalue weighted by Gasteiger charge is 2.20. The first-order valence-electron chi connectivity index (χ1n) is 6.96. The Morgan fingerprint density at radius 3 is 2.32 bits per heavy atom. The summed E-state index contributed by atoms with van der Waals surface area (Å²) in [4.78, 5) is 37.8. The molecular weight excluding hydrogens is 284 g/mol. The Morgan fingerprint density at radius 2 is 1.77 bits per heavy atom. The van der Waals surface area contributed by atoms with Gasteiger partial charge in [0.1, 0.15) is 6.54 Å². The van der Waals surface area contributed by atoms with E-state index in [2.05, 4.69) is 4.74 Å². The van der Waals surface area contributed by atoms with Crippen LogP contribution < -0.4 is 0 Å². The number of aryl methyl sites for hydroxylation is 1. The minimum absolute atomic E-state index is 0.0712. The van der Waals surface area contributed by atoms with Gasteiger partial charge in [-0.25, -0.2) is 0 Å². The van der Waals surface area contributed by atoms with Crippen molar-refractivity contribution in [3.8, 4) is 0 Å². The minimum atomic E-state index is -0.493. The summed E-state index contributed by atoms with van der Waals surface area (Å²) in [6.07, 6.45) is 0. The summed E-state index contributed by atoms with van der Waals surface area (Å²) in [5.41, 5.74) is 1.98. The van der Waals surface area contributed by atoms with E-state index in [4.69, 9.17) is 0 Å². The zero-order valence-corrected chi connectivity index (χ0v) is 13.5. The highest BCUT2D eigenvalue weighted by Crippen LogP contribution is 2.11. The molecule has 0 aromatic heterocycles. The molecule has 0 bridgehead atoms. The zero-order chi connectivity index (χ0) is 16.7. The van der Waals surface area contributed by atoms with Gasteiger partial charge in [0.05, 0.1) is 13.7 Å². The van der Waals surface area contributed by atoms with Gasteiger partial charge in [0, 0.05) is 20.5 Å². The van der Waals surface area contributed by atoms with Crippen molar-refractivity contribution in [3.63, 3.8) is 0 Å². The van der Waals surface area contributed by atoms with Crippen LogP contribution in [0.5, 0.6) is 0 Å². The molecule has 6 nitrogen and oxygen atoms in total. The van der Waals surface area contributed by atoms with E-state index in [1.165, 1.54) is 23.8 Å². The van der Waals surface area contributed by atoms with E-state index >= 15 is 0 Å². The molecule has 1 rings (SSSR count). The summed E-state index contributed by atoms with van der Waals surface area (Å²) in [5, 5.41) is 0. The standard InChI is InChI=1S/C16H22N2O4/c1-12-7-5-6-8-14(12)9-18(11-16(21)22-4)15(20)10-17(3)13(2)19/h5-8H,9-11H2,1-4H3. The monoisotopic (exact) mass is 306 g/mol. The molecule has 0 aliphatic heterocycles. The normalized spacial score (nSPS) is 10.0. The molecule has 0 unspecified atom stereocenters. The fourth-order valence-electron chi connectivity index (χ4n) is 1.86. The molecule has 0 spiro atoms. The number of carbonyl (C=O) groups is 3. The van der Waals surface area contributed by atoms with Gasteiger partial charge in [0.15, 0.2) is 0 Å². The van der Waals surface area contributed by atoms with E-state index in [1.807, 2.05) is 31.2 Å². The molecule has 6 heteroatoms. The van der Waals surface area contributed by atoms with Gasteiger partial charge in [0.2, 0.25) is 11.8 Å². The second-order valence-corrected chi connectivity index (χ2v) is 5.13. The van der Waals surface area contributed by atoms with Crippen LogP contribution in [0.3, 0.4) is 0 Å². The number of benzene rings is 1. The van der Waals surface area contributed by atoms with Crippen molar-refractivity contribution >= 4 is 17.8 Å². The van der Waals surface area contributed by atoms with Crippen LogP contribution in [-0.4, -0.2) is 54.8 Å². The molecular formula is C16H22N2O4. The van der Waals surface area contributed by atoms with Crippen molar-refractivity contribution in [3.05, 3.63) is 35.4 Å². The number of amides is 2. The molecule has 1 aromatic carbocycles. The maximum Gasteiger partial charge on any atom is 0.325 e. The third kappa shape index (κ3) is 5.20. The van der Waals surface area contributed by atoms with Crippen molar-refractivity contribution in [2.24, 2.45) is 0 Å². The average Bonchev–Trinajstić information content (AvgIpc) is 2.48. The molecule has 0 aliphatic rings. The molecule has 0 saturated carbocycles. The first-order valence-corrected chi connectivity index (χ1v) is 6.96. The Morgan fingerprint density at radius 1 is 1.14 bits per heavy atom. The molecule has 0 heterocycles. The fraction of sp³-hybridized carbons (Fsp3) is 0.438. The second kappa shape index (κ2) is 8.17. The molecule has 2 amide bonds. The first-order chi connectivity index (χ1) is 10.3. The van der Waals surface area contributed by atoms with Gasteiger partial charge in [-0.15, -0.1) is 0 Å². The molecule has 0 saturated heterocycles. The summed E-state index contributed by atoms with van der Waals surface area (Å²) >= 11 is 0. The number of hydrogen-bond donors (Lipinski definition) is 0. The number of esters is 1. The van der Waals surface area contributed by atoms with Gasteiger partial charge >= 0.3 is 5.97 Å². The number of ether oxygens (including phenoxy) is 1. The largest absolute Gasteiger partial charge is 0.468 e. The number of hydrogen-bond acceptors (Lipinski definition) is 4. The predicted molar refractivity (Wildman–Crippen MR) is 81.9 cm³/mol. The van der Waals surface area contributed by atoms with Crippen molar-refractivity contribution in [2.75, 3.05) is 27.2 Å². The van der Waals surface area contributed by atoms with E-state index in [9.17, 15) is 14.4 Å². The number of nitrogens with zero attached hydrogens (tertiary/aromatic N) is 2. The second-order valence-electron chi connectivity index (χ2n) is 5.13. The molecule has 0 atom stereocenters. The van der Waals surface area contributed by atoms with E-state index in [1.54, 1.807) is 7.05 Å². The summed E-state index contributed by atoms with van der Waals surface area (Å²) < 4.78 is 4.64. The Bertz CT molecular complexity index is 557. The molecule has 120 valence electrons. The third-order valence-corrected chi connectivity index (χ3v) is 3.43. The van der Waals surface area contributed by atoms with Crippen LogP contribution in [0.4, 0.5) is 0 Å². The van der Waals surface area contributed by atoms with Gasteiger partial charge in [-0.05, 0) is 18.1 Å². The first kappa shape index (κ1) is 17.7. The van der Waals surface area contributed by atoms with Crippen LogP contribution in [-0.2, 0) is 25.7 Å². The molecule has 0 aliphatic carbocycles. The van der Waals surface area contributed by atoms with Gasteiger partial charge in [-0.3, -0.25) is 14.4 Å². The highest BCUT2D eigenvalue weighted by atomic mass is 16.5. The lowest BCUT2D eigenvalue weighted by molar-refractivity contribution is -0.148. The quantitative estimate of drug-likeness (QED) is 0.735. The Hall–Kier alpha value is -2.37. The lowest BCUT2D eigenvalue weighted by Gasteiger charge is -2.25. The van der Waals surface area contributed by atoms with Crippen molar-refractivity contribution < 1.29 is 19.1 Å². The van der Waals surface area contributed by atoms with Crippen LogP contribution in [0, 0.1) is 6.92 Å². The Kier molecular flexibility index (Phi) is 6.56. The summed E-state index contributed by atoms with van der Waals surface area (Å²) in [6.45, 7) is 3.41. The summed E-state index contributed by atoms with van der Waals surface area (Å²) in [7, 11) is 2.82. The van der Waals surface area contributed by atoms with E-state index in [-0.39, 0.29) is 24.9 Å². The van der Waals surface area contributed by atoms with Gasteiger partial charge < -0.3 is 14.5 Å². The van der Waals surface area contributed by atoms with Crippen LogP contribution in [0.1, 0.15) is 18.1 Å². The molecule has 0 radical (unpaired) electrons. The Labute approximate surface area is 130 Å². The fourth-order valence-corrected chi connectivity index (χ4v) is 1.86. The predicted octanol–water partition coefficient (Wildman–Crippen LogP) is 0.975. The number of carbonyl (C=O) groups excluding carboxylic acids is 3. The van der Waals surface area contributed by atoms with Gasteiger partial charge in [0.25, 0.3) is 0 Å².